The molecule has 0 radical (unpaired) electrons. The molecule has 0 heterocycles. The zero-order valence-corrected chi connectivity index (χ0v) is 11.8. The minimum Gasteiger partial charge on any atom is -0.495 e. The normalized spacial score (nSPS) is 11.8. The fourth-order valence-corrected chi connectivity index (χ4v) is 2.00. The van der Waals surface area contributed by atoms with Crippen molar-refractivity contribution in [2.24, 2.45) is 5.73 Å². The van der Waals surface area contributed by atoms with Crippen LogP contribution < -0.4 is 20.7 Å². The van der Waals surface area contributed by atoms with Gasteiger partial charge in [0.25, 0.3) is 0 Å². The summed E-state index contributed by atoms with van der Waals surface area (Å²) in [6.07, 6.45) is 0.819. The molecule has 0 aliphatic heterocycles. The summed E-state index contributed by atoms with van der Waals surface area (Å²) >= 11 is 0. The van der Waals surface area contributed by atoms with Crippen LogP contribution in [0.25, 0.3) is 0 Å². The lowest BCUT2D eigenvalue weighted by molar-refractivity contribution is -0.121. The number of hydrogen-bond acceptors (Lipinski definition) is 4. The van der Waals surface area contributed by atoms with Gasteiger partial charge in [-0.25, -0.2) is 0 Å². The van der Waals surface area contributed by atoms with Gasteiger partial charge in [-0.05, 0) is 32.0 Å². The van der Waals surface area contributed by atoms with Gasteiger partial charge in [0.2, 0.25) is 5.91 Å². The quantitative estimate of drug-likeness (QED) is 0.771. The SMILES string of the molecule is CNC(=O)C(C)N(CCCN)c1ccccc1OC. The molecule has 1 rings (SSSR count). The minimum atomic E-state index is -0.271. The van der Waals surface area contributed by atoms with E-state index >= 15 is 0 Å². The molecule has 1 unspecified atom stereocenters. The van der Waals surface area contributed by atoms with Crippen molar-refractivity contribution < 1.29 is 9.53 Å². The molecule has 19 heavy (non-hydrogen) atoms. The first-order valence-electron chi connectivity index (χ1n) is 6.47. The Morgan fingerprint density at radius 2 is 2.16 bits per heavy atom. The van der Waals surface area contributed by atoms with Gasteiger partial charge in [-0.1, -0.05) is 12.1 Å². The van der Waals surface area contributed by atoms with Crippen LogP contribution in [0.3, 0.4) is 0 Å². The van der Waals surface area contributed by atoms with Crippen molar-refractivity contribution >= 4 is 11.6 Å². The second-order valence-corrected chi connectivity index (χ2v) is 4.30. The first-order valence-corrected chi connectivity index (χ1v) is 6.47. The van der Waals surface area contributed by atoms with Crippen molar-refractivity contribution in [1.82, 2.24) is 5.32 Å². The molecule has 0 aliphatic carbocycles. The summed E-state index contributed by atoms with van der Waals surface area (Å²) in [7, 11) is 3.27. The Kier molecular flexibility index (Phi) is 6.15. The number of likely N-dealkylation sites (N-methyl/N-ethyl adjacent to an activating group) is 1. The Morgan fingerprint density at radius 3 is 2.74 bits per heavy atom. The maximum Gasteiger partial charge on any atom is 0.242 e. The number of amides is 1. The predicted octanol–water partition coefficient (Wildman–Crippen LogP) is 0.985. The number of hydrogen-bond donors (Lipinski definition) is 2. The van der Waals surface area contributed by atoms with E-state index in [1.54, 1.807) is 14.2 Å². The van der Waals surface area contributed by atoms with Crippen LogP contribution in [0.1, 0.15) is 13.3 Å². The molecule has 5 nitrogen and oxygen atoms in total. The number of ether oxygens (including phenoxy) is 1. The maximum atomic E-state index is 11.9. The molecule has 0 saturated carbocycles. The first-order chi connectivity index (χ1) is 9.15. The number of nitrogens with two attached hydrogens (primary N) is 1. The van der Waals surface area contributed by atoms with Crippen molar-refractivity contribution in [1.29, 1.82) is 0 Å². The van der Waals surface area contributed by atoms with Crippen molar-refractivity contribution in [3.8, 4) is 5.75 Å². The fourth-order valence-electron chi connectivity index (χ4n) is 2.00. The van der Waals surface area contributed by atoms with Gasteiger partial charge in [0.1, 0.15) is 11.8 Å². The van der Waals surface area contributed by atoms with Crippen LogP contribution in [0.2, 0.25) is 0 Å². The molecule has 0 aliphatic rings. The van der Waals surface area contributed by atoms with E-state index < -0.39 is 0 Å². The molecule has 1 amide bonds. The number of benzene rings is 1. The van der Waals surface area contributed by atoms with Crippen LogP contribution in [0.5, 0.6) is 5.75 Å². The summed E-state index contributed by atoms with van der Waals surface area (Å²) in [4.78, 5) is 13.9. The predicted molar refractivity (Wildman–Crippen MR) is 77.5 cm³/mol. The Bertz CT molecular complexity index is 409. The Morgan fingerprint density at radius 1 is 1.47 bits per heavy atom. The number of anilines is 1. The number of methoxy groups -OCH3 is 1. The topological polar surface area (TPSA) is 67.6 Å². The van der Waals surface area contributed by atoms with Gasteiger partial charge in [-0.3, -0.25) is 4.79 Å². The number of rotatable bonds is 7. The van der Waals surface area contributed by atoms with E-state index in [0.717, 1.165) is 17.9 Å². The summed E-state index contributed by atoms with van der Waals surface area (Å²) in [5.41, 5.74) is 6.49. The van der Waals surface area contributed by atoms with Gasteiger partial charge in [-0.2, -0.15) is 0 Å². The Balaban J connectivity index is 3.04. The average molecular weight is 265 g/mol. The molecule has 5 heteroatoms. The molecule has 0 spiro atoms. The highest BCUT2D eigenvalue weighted by Gasteiger charge is 2.22. The summed E-state index contributed by atoms with van der Waals surface area (Å²) in [6.45, 7) is 3.18. The first kappa shape index (κ1) is 15.3. The standard InChI is InChI=1S/C14H23N3O2/c1-11(14(18)16-2)17(10-6-9-15)12-7-4-5-8-13(12)19-3/h4-5,7-8,11H,6,9-10,15H2,1-3H3,(H,16,18). The van der Waals surface area contributed by atoms with E-state index in [1.165, 1.54) is 0 Å². The summed E-state index contributed by atoms with van der Waals surface area (Å²) in [6, 6.07) is 7.42. The van der Waals surface area contributed by atoms with Gasteiger partial charge >= 0.3 is 0 Å². The zero-order chi connectivity index (χ0) is 14.3. The molecular formula is C14H23N3O2. The van der Waals surface area contributed by atoms with Crippen LogP contribution in [-0.2, 0) is 4.79 Å². The van der Waals surface area contributed by atoms with Crippen molar-refractivity contribution in [2.75, 3.05) is 32.1 Å². The van der Waals surface area contributed by atoms with E-state index in [2.05, 4.69) is 5.32 Å². The molecule has 106 valence electrons. The average Bonchev–Trinajstić information content (AvgIpc) is 2.46. The molecule has 1 aromatic rings. The second kappa shape index (κ2) is 7.63. The lowest BCUT2D eigenvalue weighted by Gasteiger charge is -2.31. The highest BCUT2D eigenvalue weighted by atomic mass is 16.5. The molecule has 1 aromatic carbocycles. The Labute approximate surface area is 114 Å². The number of para-hydroxylation sites is 2. The van der Waals surface area contributed by atoms with Crippen LogP contribution in [0.15, 0.2) is 24.3 Å². The maximum absolute atomic E-state index is 11.9. The van der Waals surface area contributed by atoms with E-state index in [1.807, 2.05) is 36.1 Å². The van der Waals surface area contributed by atoms with Gasteiger partial charge < -0.3 is 20.7 Å². The number of nitrogens with zero attached hydrogens (tertiary/aromatic N) is 1. The molecule has 1 atom stereocenters. The third kappa shape index (κ3) is 3.86. The second-order valence-electron chi connectivity index (χ2n) is 4.30. The molecule has 3 N–H and O–H groups in total. The lowest BCUT2D eigenvalue weighted by atomic mass is 10.2. The molecule has 0 saturated heterocycles. The summed E-state index contributed by atoms with van der Waals surface area (Å²) in [5.74, 6) is 0.734. The van der Waals surface area contributed by atoms with Gasteiger partial charge in [0, 0.05) is 13.6 Å². The van der Waals surface area contributed by atoms with Crippen LogP contribution >= 0.6 is 0 Å². The summed E-state index contributed by atoms with van der Waals surface area (Å²) < 4.78 is 5.37. The highest BCUT2D eigenvalue weighted by Crippen LogP contribution is 2.29. The van der Waals surface area contributed by atoms with Gasteiger partial charge in [0.15, 0.2) is 0 Å². The molecule has 0 aromatic heterocycles. The number of carbonyl (C=O) groups excluding carboxylic acids is 1. The number of carbonyl (C=O) groups is 1. The lowest BCUT2D eigenvalue weighted by Crippen LogP contribution is -2.45. The Hall–Kier alpha value is -1.75. The fraction of sp³-hybridized carbons (Fsp3) is 0.500. The summed E-state index contributed by atoms with van der Waals surface area (Å²) in [5, 5.41) is 2.68. The van der Waals surface area contributed by atoms with Crippen molar-refractivity contribution in [3.05, 3.63) is 24.3 Å². The minimum absolute atomic E-state index is 0.0251. The monoisotopic (exact) mass is 265 g/mol. The largest absolute Gasteiger partial charge is 0.495 e. The van der Waals surface area contributed by atoms with Gasteiger partial charge in [-0.15, -0.1) is 0 Å². The van der Waals surface area contributed by atoms with Crippen LogP contribution in [-0.4, -0.2) is 39.2 Å². The number of nitrogens with one attached hydrogen (secondary N) is 1. The van der Waals surface area contributed by atoms with Crippen LogP contribution in [0.4, 0.5) is 5.69 Å². The van der Waals surface area contributed by atoms with E-state index in [-0.39, 0.29) is 11.9 Å². The van der Waals surface area contributed by atoms with E-state index in [9.17, 15) is 4.79 Å². The van der Waals surface area contributed by atoms with E-state index in [4.69, 9.17) is 10.5 Å². The zero-order valence-electron chi connectivity index (χ0n) is 11.8. The smallest absolute Gasteiger partial charge is 0.242 e. The van der Waals surface area contributed by atoms with E-state index in [0.29, 0.717) is 13.1 Å². The molecule has 0 bridgehead atoms. The third-order valence-electron chi connectivity index (χ3n) is 3.09. The van der Waals surface area contributed by atoms with Gasteiger partial charge in [0.05, 0.1) is 12.8 Å². The highest BCUT2D eigenvalue weighted by molar-refractivity contribution is 5.85. The molecular weight excluding hydrogens is 242 g/mol. The van der Waals surface area contributed by atoms with Crippen molar-refractivity contribution in [3.63, 3.8) is 0 Å². The molecule has 0 fully saturated rings. The van der Waals surface area contributed by atoms with Crippen LogP contribution in [0, 0.1) is 0 Å². The van der Waals surface area contributed by atoms with Crippen molar-refractivity contribution in [2.45, 2.75) is 19.4 Å². The third-order valence-corrected chi connectivity index (χ3v) is 3.09.